The Morgan fingerprint density at radius 2 is 1.68 bits per heavy atom. The maximum Gasteiger partial charge on any atom is 0.338 e. The molecule has 1 fully saturated rings. The van der Waals surface area contributed by atoms with Gasteiger partial charge in [0.15, 0.2) is 18.1 Å². The van der Waals surface area contributed by atoms with E-state index in [1.54, 1.807) is 67.6 Å². The van der Waals surface area contributed by atoms with Crippen LogP contribution in [0.2, 0.25) is 5.15 Å². The van der Waals surface area contributed by atoms with Gasteiger partial charge >= 0.3 is 11.9 Å². The summed E-state index contributed by atoms with van der Waals surface area (Å²) >= 11 is 13.1. The van der Waals surface area contributed by atoms with E-state index in [9.17, 15) is 14.0 Å². The highest BCUT2D eigenvalue weighted by molar-refractivity contribution is 6.34. The minimum absolute atomic E-state index is 0.00276. The minimum Gasteiger partial charge on any atom is -0.459 e. The predicted octanol–water partition coefficient (Wildman–Crippen LogP) is 5.20. The number of aromatic nitrogens is 3. The summed E-state index contributed by atoms with van der Waals surface area (Å²) in [4.78, 5) is 32.1. The second-order valence-corrected chi connectivity index (χ2v) is 9.75. The highest BCUT2D eigenvalue weighted by atomic mass is 35.5. The summed E-state index contributed by atoms with van der Waals surface area (Å²) in [5.41, 5.74) is 0.785. The molecule has 11 heteroatoms. The van der Waals surface area contributed by atoms with E-state index in [4.69, 9.17) is 37.4 Å². The number of halogens is 3. The van der Waals surface area contributed by atoms with Crippen LogP contribution in [0.1, 0.15) is 33.9 Å². The standard InChI is InChI=1S/C26H20Cl2FN3O5/c1-26(28)20(37-24(34)16-10-6-3-7-11-16)18(13-35-23(33)15-8-4-2-5-9-15)36-25(26)32-12-17(29)19-21(27)30-14-31-22(19)32/h2-12,14,18,20,25H,13H2,1H3/t18-,20-,25-,26-/m1/s1. The van der Waals surface area contributed by atoms with Crippen molar-refractivity contribution in [1.29, 1.82) is 0 Å². The van der Waals surface area contributed by atoms with Gasteiger partial charge in [-0.3, -0.25) is 0 Å². The molecule has 1 aliphatic heterocycles. The van der Waals surface area contributed by atoms with Gasteiger partial charge in [0.1, 0.15) is 34.7 Å². The molecule has 0 amide bonds. The number of rotatable bonds is 6. The minimum atomic E-state index is -1.43. The van der Waals surface area contributed by atoms with Gasteiger partial charge in [0.25, 0.3) is 0 Å². The van der Waals surface area contributed by atoms with Crippen molar-refractivity contribution in [2.75, 3.05) is 6.61 Å². The summed E-state index contributed by atoms with van der Waals surface area (Å²) in [5, 5.41) is -0.0760. The molecular weight excluding hydrogens is 524 g/mol. The smallest absolute Gasteiger partial charge is 0.338 e. The molecule has 3 heterocycles. The van der Waals surface area contributed by atoms with Crippen molar-refractivity contribution in [3.8, 4) is 0 Å². The molecule has 8 nitrogen and oxygen atoms in total. The Labute approximate surface area is 220 Å². The lowest BCUT2D eigenvalue weighted by molar-refractivity contribution is -0.0565. The molecule has 0 radical (unpaired) electrons. The van der Waals surface area contributed by atoms with Crippen molar-refractivity contribution in [2.24, 2.45) is 0 Å². The average molecular weight is 544 g/mol. The van der Waals surface area contributed by atoms with Gasteiger partial charge in [0.2, 0.25) is 0 Å². The zero-order valence-electron chi connectivity index (χ0n) is 19.4. The van der Waals surface area contributed by atoms with Gasteiger partial charge in [-0.05, 0) is 31.2 Å². The third-order valence-electron chi connectivity index (χ3n) is 6.08. The van der Waals surface area contributed by atoms with E-state index in [2.05, 4.69) is 9.97 Å². The largest absolute Gasteiger partial charge is 0.459 e. The van der Waals surface area contributed by atoms with Crippen LogP contribution in [0.3, 0.4) is 0 Å². The SMILES string of the molecule is C[C@@]1(Cl)[C@H](OC(=O)c2ccccc2)[C@@H](COC(=O)c2ccccc2)O[C@H]1n1cc(F)c2c(Cl)ncnc21. The summed E-state index contributed by atoms with van der Waals surface area (Å²) in [5.74, 6) is -1.91. The predicted molar refractivity (Wildman–Crippen MR) is 133 cm³/mol. The molecule has 0 spiro atoms. The van der Waals surface area contributed by atoms with Crippen molar-refractivity contribution in [3.05, 3.63) is 95.3 Å². The van der Waals surface area contributed by atoms with Gasteiger partial charge in [-0.25, -0.2) is 23.9 Å². The fourth-order valence-electron chi connectivity index (χ4n) is 4.29. The number of fused-ring (bicyclic) bond motifs is 1. The fourth-order valence-corrected chi connectivity index (χ4v) is 4.85. The van der Waals surface area contributed by atoms with E-state index in [0.717, 1.165) is 6.20 Å². The number of hydrogen-bond donors (Lipinski definition) is 0. The number of carbonyl (C=O) groups is 2. The van der Waals surface area contributed by atoms with Crippen molar-refractivity contribution in [3.63, 3.8) is 0 Å². The Morgan fingerprint density at radius 1 is 1.05 bits per heavy atom. The highest BCUT2D eigenvalue weighted by Gasteiger charge is 2.57. The van der Waals surface area contributed by atoms with E-state index < -0.39 is 41.1 Å². The van der Waals surface area contributed by atoms with Crippen LogP contribution in [0.15, 0.2) is 73.2 Å². The van der Waals surface area contributed by atoms with Gasteiger partial charge in [-0.15, -0.1) is 11.6 Å². The number of ether oxygens (including phenoxy) is 3. The van der Waals surface area contributed by atoms with E-state index in [0.29, 0.717) is 11.1 Å². The Bertz CT molecular complexity index is 1450. The summed E-state index contributed by atoms with van der Waals surface area (Å²) in [6.07, 6.45) is -0.807. The number of nitrogens with zero attached hydrogens (tertiary/aromatic N) is 3. The summed E-state index contributed by atoms with van der Waals surface area (Å²) in [6, 6.07) is 16.8. The average Bonchev–Trinajstić information content (AvgIpc) is 3.37. The lowest BCUT2D eigenvalue weighted by Crippen LogP contribution is -2.43. The first-order chi connectivity index (χ1) is 17.8. The van der Waals surface area contributed by atoms with Crippen molar-refractivity contribution in [2.45, 2.75) is 30.2 Å². The molecule has 5 rings (SSSR count). The number of alkyl halides is 1. The summed E-state index contributed by atoms with van der Waals surface area (Å²) in [6.45, 7) is 1.31. The van der Waals surface area contributed by atoms with Crippen LogP contribution in [-0.2, 0) is 14.2 Å². The van der Waals surface area contributed by atoms with Gasteiger partial charge in [0, 0.05) is 6.20 Å². The monoisotopic (exact) mass is 543 g/mol. The van der Waals surface area contributed by atoms with E-state index in [1.165, 1.54) is 10.9 Å². The molecule has 37 heavy (non-hydrogen) atoms. The molecular formula is C26H20Cl2FN3O5. The third-order valence-corrected chi connectivity index (χ3v) is 6.77. The lowest BCUT2D eigenvalue weighted by Gasteiger charge is -2.29. The van der Waals surface area contributed by atoms with Crippen LogP contribution in [0.4, 0.5) is 4.39 Å². The molecule has 0 aliphatic carbocycles. The van der Waals surface area contributed by atoms with Crippen molar-refractivity contribution >= 4 is 46.2 Å². The maximum atomic E-state index is 14.8. The Balaban J connectivity index is 1.47. The van der Waals surface area contributed by atoms with Crippen molar-refractivity contribution < 1.29 is 28.2 Å². The van der Waals surface area contributed by atoms with Gasteiger partial charge in [-0.1, -0.05) is 48.0 Å². The van der Waals surface area contributed by atoms with Crippen LogP contribution in [0.5, 0.6) is 0 Å². The third kappa shape index (κ3) is 4.77. The normalized spacial score (nSPS) is 23.2. The number of hydrogen-bond acceptors (Lipinski definition) is 7. The first kappa shape index (κ1) is 25.1. The topological polar surface area (TPSA) is 92.5 Å². The number of esters is 2. The number of carbonyl (C=O) groups excluding carboxylic acids is 2. The van der Waals surface area contributed by atoms with Crippen LogP contribution >= 0.6 is 23.2 Å². The molecule has 4 aromatic rings. The lowest BCUT2D eigenvalue weighted by atomic mass is 10.0. The van der Waals surface area contributed by atoms with Crippen LogP contribution in [0, 0.1) is 5.82 Å². The molecule has 0 unspecified atom stereocenters. The quantitative estimate of drug-likeness (QED) is 0.187. The van der Waals surface area contributed by atoms with Crippen LogP contribution in [0.25, 0.3) is 11.0 Å². The van der Waals surface area contributed by atoms with Crippen molar-refractivity contribution in [1.82, 2.24) is 14.5 Å². The Hall–Kier alpha value is -3.53. The maximum absolute atomic E-state index is 14.8. The van der Waals surface area contributed by atoms with Gasteiger partial charge in [0.05, 0.1) is 16.5 Å². The molecule has 1 saturated heterocycles. The van der Waals surface area contributed by atoms with E-state index in [-0.39, 0.29) is 22.8 Å². The zero-order chi connectivity index (χ0) is 26.2. The Kier molecular flexibility index (Phi) is 6.85. The first-order valence-corrected chi connectivity index (χ1v) is 12.0. The molecule has 0 N–H and O–H groups in total. The van der Waals surface area contributed by atoms with Crippen LogP contribution in [-0.4, -0.2) is 50.2 Å². The molecule has 4 atom stereocenters. The van der Waals surface area contributed by atoms with Gasteiger partial charge in [-0.2, -0.15) is 0 Å². The first-order valence-electron chi connectivity index (χ1n) is 11.3. The molecule has 0 saturated carbocycles. The number of benzene rings is 2. The molecule has 1 aliphatic rings. The second-order valence-electron chi connectivity index (χ2n) is 8.58. The Morgan fingerprint density at radius 3 is 2.32 bits per heavy atom. The molecule has 2 aromatic carbocycles. The van der Waals surface area contributed by atoms with E-state index >= 15 is 0 Å². The van der Waals surface area contributed by atoms with Crippen LogP contribution < -0.4 is 0 Å². The summed E-state index contributed by atoms with van der Waals surface area (Å²) in [7, 11) is 0. The fraction of sp³-hybridized carbons (Fsp3) is 0.231. The second kappa shape index (κ2) is 10.1. The van der Waals surface area contributed by atoms with Gasteiger partial charge < -0.3 is 18.8 Å². The molecule has 190 valence electrons. The zero-order valence-corrected chi connectivity index (χ0v) is 20.9. The van der Waals surface area contributed by atoms with E-state index in [1.807, 2.05) is 0 Å². The molecule has 2 aromatic heterocycles. The highest BCUT2D eigenvalue weighted by Crippen LogP contribution is 2.46. The summed E-state index contributed by atoms with van der Waals surface area (Å²) < 4.78 is 33.6. The molecule has 0 bridgehead atoms.